The maximum atomic E-state index is 12.0. The van der Waals surface area contributed by atoms with E-state index in [1.165, 1.54) is 4.88 Å². The Kier molecular flexibility index (Phi) is 5.01. The van der Waals surface area contributed by atoms with E-state index in [4.69, 9.17) is 0 Å². The number of benzene rings is 1. The van der Waals surface area contributed by atoms with Crippen LogP contribution in [0.5, 0.6) is 0 Å². The predicted molar refractivity (Wildman–Crippen MR) is 93.2 cm³/mol. The van der Waals surface area contributed by atoms with E-state index in [1.54, 1.807) is 23.6 Å². The summed E-state index contributed by atoms with van der Waals surface area (Å²) in [5.41, 5.74) is 1.00. The number of carbonyl (C=O) groups excluding carboxylic acids is 1. The van der Waals surface area contributed by atoms with Crippen LogP contribution in [0.25, 0.3) is 6.08 Å². The molecule has 0 aliphatic rings. The summed E-state index contributed by atoms with van der Waals surface area (Å²) in [5, 5.41) is 9.28. The molecule has 2 heterocycles. The van der Waals surface area contributed by atoms with Crippen molar-refractivity contribution < 1.29 is 4.79 Å². The van der Waals surface area contributed by atoms with Crippen molar-refractivity contribution in [3.8, 4) is 0 Å². The summed E-state index contributed by atoms with van der Waals surface area (Å²) in [6, 6.07) is 15.7. The summed E-state index contributed by atoms with van der Waals surface area (Å²) in [7, 11) is 0. The van der Waals surface area contributed by atoms with Crippen LogP contribution in [0, 0.1) is 0 Å². The number of amides is 1. The zero-order chi connectivity index (χ0) is 15.9. The van der Waals surface area contributed by atoms with Gasteiger partial charge in [-0.2, -0.15) is 5.10 Å². The monoisotopic (exact) mass is 323 g/mol. The summed E-state index contributed by atoms with van der Waals surface area (Å²) >= 11 is 1.66. The minimum Gasteiger partial charge on any atom is -0.350 e. The van der Waals surface area contributed by atoms with Crippen LogP contribution in [0.3, 0.4) is 0 Å². The van der Waals surface area contributed by atoms with Gasteiger partial charge in [0.25, 0.3) is 0 Å². The van der Waals surface area contributed by atoms with Crippen LogP contribution in [0.2, 0.25) is 0 Å². The number of rotatable bonds is 6. The normalized spacial score (nSPS) is 12.3. The summed E-state index contributed by atoms with van der Waals surface area (Å²) < 4.78 is 1.87. The number of nitrogens with one attached hydrogen (secondary N) is 1. The molecule has 1 N–H and O–H groups in total. The van der Waals surface area contributed by atoms with E-state index in [0.29, 0.717) is 6.54 Å². The third kappa shape index (κ3) is 4.17. The lowest BCUT2D eigenvalue weighted by Gasteiger charge is -2.16. The molecule has 23 heavy (non-hydrogen) atoms. The maximum absolute atomic E-state index is 12.0. The zero-order valence-electron chi connectivity index (χ0n) is 12.5. The Labute approximate surface area is 139 Å². The van der Waals surface area contributed by atoms with Gasteiger partial charge in [-0.3, -0.25) is 9.48 Å². The lowest BCUT2D eigenvalue weighted by molar-refractivity contribution is -0.116. The Morgan fingerprint density at radius 1 is 1.22 bits per heavy atom. The van der Waals surface area contributed by atoms with Crippen LogP contribution < -0.4 is 5.32 Å². The van der Waals surface area contributed by atoms with Gasteiger partial charge in [-0.25, -0.2) is 0 Å². The van der Waals surface area contributed by atoms with E-state index in [0.717, 1.165) is 5.56 Å². The summed E-state index contributed by atoms with van der Waals surface area (Å²) in [5.74, 6) is -0.109. The molecule has 1 amide bonds. The van der Waals surface area contributed by atoms with Crippen molar-refractivity contribution in [3.63, 3.8) is 0 Å². The Bertz CT molecular complexity index is 715. The first kappa shape index (κ1) is 15.2. The van der Waals surface area contributed by atoms with E-state index >= 15 is 0 Å². The Morgan fingerprint density at radius 2 is 2.09 bits per heavy atom. The molecule has 0 radical (unpaired) electrons. The minimum absolute atomic E-state index is 0.0130. The van der Waals surface area contributed by atoms with E-state index in [9.17, 15) is 4.79 Å². The molecule has 2 aromatic heterocycles. The van der Waals surface area contributed by atoms with Crippen LogP contribution in [-0.4, -0.2) is 22.2 Å². The van der Waals surface area contributed by atoms with Crippen molar-refractivity contribution in [2.75, 3.05) is 6.54 Å². The lowest BCUT2D eigenvalue weighted by atomic mass is 10.2. The SMILES string of the molecule is O=C(C=Cc1ccccc1)NCC(c1cccs1)n1cccn1. The first-order chi connectivity index (χ1) is 11.3. The maximum Gasteiger partial charge on any atom is 0.244 e. The second kappa shape index (κ2) is 7.56. The van der Waals surface area contributed by atoms with Gasteiger partial charge in [0.15, 0.2) is 0 Å². The molecular weight excluding hydrogens is 306 g/mol. The molecular formula is C18H17N3OS. The molecule has 0 fully saturated rings. The van der Waals surface area contributed by atoms with E-state index in [-0.39, 0.29) is 11.9 Å². The molecule has 4 nitrogen and oxygen atoms in total. The van der Waals surface area contributed by atoms with Crippen LogP contribution >= 0.6 is 11.3 Å². The van der Waals surface area contributed by atoms with Gasteiger partial charge in [0.1, 0.15) is 6.04 Å². The smallest absolute Gasteiger partial charge is 0.244 e. The third-order valence-electron chi connectivity index (χ3n) is 3.41. The molecule has 0 bridgehead atoms. The van der Waals surface area contributed by atoms with Crippen molar-refractivity contribution in [3.05, 3.63) is 82.8 Å². The molecule has 0 spiro atoms. The van der Waals surface area contributed by atoms with Gasteiger partial charge in [-0.15, -0.1) is 11.3 Å². The highest BCUT2D eigenvalue weighted by molar-refractivity contribution is 7.10. The average molecular weight is 323 g/mol. The Morgan fingerprint density at radius 3 is 2.78 bits per heavy atom. The molecule has 1 aromatic carbocycles. The highest BCUT2D eigenvalue weighted by Gasteiger charge is 2.15. The number of aromatic nitrogens is 2. The fourth-order valence-electron chi connectivity index (χ4n) is 2.26. The summed E-state index contributed by atoms with van der Waals surface area (Å²) in [6.45, 7) is 0.500. The van der Waals surface area contributed by atoms with Crippen molar-refractivity contribution in [1.82, 2.24) is 15.1 Å². The van der Waals surface area contributed by atoms with Gasteiger partial charge < -0.3 is 5.32 Å². The minimum atomic E-state index is -0.109. The van der Waals surface area contributed by atoms with E-state index < -0.39 is 0 Å². The fraction of sp³-hybridized carbons (Fsp3) is 0.111. The van der Waals surface area contributed by atoms with Crippen LogP contribution in [0.15, 0.2) is 72.4 Å². The van der Waals surface area contributed by atoms with Crippen molar-refractivity contribution in [2.45, 2.75) is 6.04 Å². The molecule has 5 heteroatoms. The first-order valence-corrected chi connectivity index (χ1v) is 8.24. The van der Waals surface area contributed by atoms with Gasteiger partial charge in [-0.05, 0) is 29.2 Å². The second-order valence-electron chi connectivity index (χ2n) is 5.01. The summed E-state index contributed by atoms with van der Waals surface area (Å²) in [4.78, 5) is 13.2. The average Bonchev–Trinajstić information content (AvgIpc) is 3.28. The molecule has 3 rings (SSSR count). The number of thiophene rings is 1. The third-order valence-corrected chi connectivity index (χ3v) is 4.39. The second-order valence-corrected chi connectivity index (χ2v) is 5.99. The molecule has 1 unspecified atom stereocenters. The van der Waals surface area contributed by atoms with Crippen LogP contribution in [0.4, 0.5) is 0 Å². The largest absolute Gasteiger partial charge is 0.350 e. The highest BCUT2D eigenvalue weighted by Crippen LogP contribution is 2.21. The van der Waals surface area contributed by atoms with Gasteiger partial charge in [-0.1, -0.05) is 36.4 Å². The van der Waals surface area contributed by atoms with Crippen molar-refractivity contribution in [1.29, 1.82) is 0 Å². The van der Waals surface area contributed by atoms with Gasteiger partial charge in [0.05, 0.1) is 0 Å². The zero-order valence-corrected chi connectivity index (χ0v) is 13.3. The number of nitrogens with zero attached hydrogens (tertiary/aromatic N) is 2. The molecule has 1 atom stereocenters. The fourth-order valence-corrected chi connectivity index (χ4v) is 3.08. The van der Waals surface area contributed by atoms with Crippen molar-refractivity contribution in [2.24, 2.45) is 0 Å². The van der Waals surface area contributed by atoms with E-state index in [2.05, 4.69) is 16.5 Å². The molecule has 0 aliphatic heterocycles. The van der Waals surface area contributed by atoms with Crippen LogP contribution in [-0.2, 0) is 4.79 Å². The Hall–Kier alpha value is -2.66. The summed E-state index contributed by atoms with van der Waals surface area (Å²) in [6.07, 6.45) is 7.03. The van der Waals surface area contributed by atoms with Gasteiger partial charge in [0.2, 0.25) is 5.91 Å². The molecule has 116 valence electrons. The molecule has 0 saturated heterocycles. The topological polar surface area (TPSA) is 46.9 Å². The molecule has 0 saturated carbocycles. The Balaban J connectivity index is 1.63. The number of hydrogen-bond acceptors (Lipinski definition) is 3. The van der Waals surface area contributed by atoms with Crippen LogP contribution in [0.1, 0.15) is 16.5 Å². The first-order valence-electron chi connectivity index (χ1n) is 7.36. The highest BCUT2D eigenvalue weighted by atomic mass is 32.1. The van der Waals surface area contributed by atoms with Gasteiger partial charge in [0, 0.05) is 29.9 Å². The lowest BCUT2D eigenvalue weighted by Crippen LogP contribution is -2.30. The number of carbonyl (C=O) groups is 1. The standard InChI is InChI=1S/C18H17N3OS/c22-18(10-9-15-6-2-1-3-7-15)19-14-16(17-8-4-13-23-17)21-12-5-11-20-21/h1-13,16H,14H2,(H,19,22). The van der Waals surface area contributed by atoms with E-state index in [1.807, 2.05) is 64.8 Å². The molecule has 0 aliphatic carbocycles. The molecule has 3 aromatic rings. The quantitative estimate of drug-likeness (QED) is 0.707. The number of hydrogen-bond donors (Lipinski definition) is 1. The van der Waals surface area contributed by atoms with Crippen molar-refractivity contribution >= 4 is 23.3 Å². The van der Waals surface area contributed by atoms with Gasteiger partial charge >= 0.3 is 0 Å². The predicted octanol–water partition coefficient (Wildman–Crippen LogP) is 3.36.